The highest BCUT2D eigenvalue weighted by Crippen LogP contribution is 2.21. The Morgan fingerprint density at radius 1 is 0.895 bits per heavy atom. The number of nitrogens with zero attached hydrogens (tertiary/aromatic N) is 1. The summed E-state index contributed by atoms with van der Waals surface area (Å²) in [6, 6.07) is 15.0. The molecule has 202 valence electrons. The minimum Gasteiger partial charge on any atom is -0.458 e. The lowest BCUT2D eigenvalue weighted by molar-refractivity contribution is -0.157. The molecule has 0 saturated carbocycles. The molecule has 0 saturated heterocycles. The molecule has 0 amide bonds. The number of esters is 1. The van der Waals surface area contributed by atoms with Crippen LogP contribution in [0.2, 0.25) is 0 Å². The van der Waals surface area contributed by atoms with Crippen LogP contribution in [-0.4, -0.2) is 37.8 Å². The molecule has 0 aromatic heterocycles. The molecular formula is C29H32F2N2O4S. The zero-order chi connectivity index (χ0) is 28.1. The number of benzene rings is 3. The highest BCUT2D eigenvalue weighted by molar-refractivity contribution is 7.89. The Morgan fingerprint density at radius 2 is 1.37 bits per heavy atom. The topological polar surface area (TPSA) is 84.8 Å². The number of nitrogens with one attached hydrogen (secondary N) is 1. The number of carbonyl (C=O) groups is 1. The molecule has 0 heterocycles. The predicted molar refractivity (Wildman–Crippen MR) is 144 cm³/mol. The van der Waals surface area contributed by atoms with Gasteiger partial charge in [0.25, 0.3) is 0 Å². The normalized spacial score (nSPS) is 13.4. The van der Waals surface area contributed by atoms with Crippen LogP contribution in [0.1, 0.15) is 50.8 Å². The minimum absolute atomic E-state index is 0.0470. The Labute approximate surface area is 222 Å². The lowest BCUT2D eigenvalue weighted by Gasteiger charge is -2.28. The van der Waals surface area contributed by atoms with Crippen LogP contribution in [0.4, 0.5) is 8.78 Å². The smallest absolute Gasteiger partial charge is 0.333 e. The molecule has 0 aliphatic rings. The summed E-state index contributed by atoms with van der Waals surface area (Å²) in [5.41, 5.74) is 1.21. The van der Waals surface area contributed by atoms with E-state index in [1.807, 2.05) is 6.92 Å². The van der Waals surface area contributed by atoms with Gasteiger partial charge in [-0.2, -0.15) is 0 Å². The van der Waals surface area contributed by atoms with E-state index in [9.17, 15) is 22.0 Å². The number of aryl methyl sites for hydroxylation is 1. The average Bonchev–Trinajstić information content (AvgIpc) is 2.84. The van der Waals surface area contributed by atoms with Crippen LogP contribution in [0.15, 0.2) is 82.7 Å². The molecule has 2 atom stereocenters. The van der Waals surface area contributed by atoms with Gasteiger partial charge in [-0.05, 0) is 94.8 Å². The molecule has 1 N–H and O–H groups in total. The van der Waals surface area contributed by atoms with Gasteiger partial charge in [0, 0.05) is 11.1 Å². The summed E-state index contributed by atoms with van der Waals surface area (Å²) in [7, 11) is -4.01. The maximum Gasteiger partial charge on any atom is 0.333 e. The number of hydrogen-bond donors (Lipinski definition) is 1. The van der Waals surface area contributed by atoms with E-state index >= 15 is 0 Å². The SMILES string of the molecule is CC[C@@H](NS(=O)(=O)c1ccc(C)cc1)[C@H](N=C(c1ccc(F)cc1)c1ccc(F)cc1)C(=O)OC(C)(C)C. The highest BCUT2D eigenvalue weighted by Gasteiger charge is 2.35. The Kier molecular flexibility index (Phi) is 9.17. The van der Waals surface area contributed by atoms with E-state index in [1.54, 1.807) is 39.8 Å². The number of ether oxygens (including phenoxy) is 1. The van der Waals surface area contributed by atoms with Crippen molar-refractivity contribution in [3.05, 3.63) is 101 Å². The van der Waals surface area contributed by atoms with Crippen molar-refractivity contribution in [2.75, 3.05) is 0 Å². The van der Waals surface area contributed by atoms with Gasteiger partial charge in [-0.1, -0.05) is 24.6 Å². The number of aliphatic imine (C=N–C) groups is 1. The van der Waals surface area contributed by atoms with E-state index in [4.69, 9.17) is 9.73 Å². The fourth-order valence-electron chi connectivity index (χ4n) is 3.70. The highest BCUT2D eigenvalue weighted by atomic mass is 32.2. The van der Waals surface area contributed by atoms with Gasteiger partial charge >= 0.3 is 5.97 Å². The van der Waals surface area contributed by atoms with E-state index < -0.39 is 45.3 Å². The standard InChI is InChI=1S/C29H32F2N2O4S/c1-6-25(33-38(35,36)24-17-7-19(2)8-18-24)27(28(34)37-29(3,4)5)32-26(20-9-13-22(30)14-10-20)21-11-15-23(31)16-12-21/h7-18,25,27,33H,6H2,1-5H3/t25-,27+/m1/s1. The van der Waals surface area contributed by atoms with Crippen molar-refractivity contribution in [1.29, 1.82) is 0 Å². The summed E-state index contributed by atoms with van der Waals surface area (Å²) < 4.78 is 62.1. The van der Waals surface area contributed by atoms with Crippen LogP contribution in [0.25, 0.3) is 0 Å². The summed E-state index contributed by atoms with van der Waals surface area (Å²) in [5, 5.41) is 0. The van der Waals surface area contributed by atoms with Crippen molar-refractivity contribution in [2.45, 2.75) is 63.6 Å². The molecule has 0 spiro atoms. The summed E-state index contributed by atoms with van der Waals surface area (Å²) >= 11 is 0. The lowest BCUT2D eigenvalue weighted by Crippen LogP contribution is -2.48. The molecule has 9 heteroatoms. The second-order valence-corrected chi connectivity index (χ2v) is 11.6. The molecule has 0 aliphatic heterocycles. The van der Waals surface area contributed by atoms with Gasteiger partial charge in [0.1, 0.15) is 17.2 Å². The van der Waals surface area contributed by atoms with Crippen LogP contribution < -0.4 is 4.72 Å². The zero-order valence-corrected chi connectivity index (χ0v) is 22.9. The van der Waals surface area contributed by atoms with Crippen LogP contribution in [0.3, 0.4) is 0 Å². The van der Waals surface area contributed by atoms with Crippen LogP contribution >= 0.6 is 0 Å². The second kappa shape index (κ2) is 12.0. The van der Waals surface area contributed by atoms with Crippen molar-refractivity contribution < 1.29 is 26.7 Å². The number of hydrogen-bond acceptors (Lipinski definition) is 5. The van der Waals surface area contributed by atoms with Gasteiger partial charge < -0.3 is 4.74 Å². The third kappa shape index (κ3) is 7.79. The van der Waals surface area contributed by atoms with Crippen molar-refractivity contribution in [3.8, 4) is 0 Å². The van der Waals surface area contributed by atoms with E-state index in [-0.39, 0.29) is 17.0 Å². The van der Waals surface area contributed by atoms with Gasteiger partial charge in [0.05, 0.1) is 16.6 Å². The Bertz CT molecular complexity index is 1330. The molecule has 0 aliphatic carbocycles. The van der Waals surface area contributed by atoms with Crippen LogP contribution in [0, 0.1) is 18.6 Å². The van der Waals surface area contributed by atoms with Gasteiger partial charge in [-0.25, -0.2) is 26.7 Å². The monoisotopic (exact) mass is 542 g/mol. The van der Waals surface area contributed by atoms with E-state index in [0.29, 0.717) is 11.1 Å². The molecule has 38 heavy (non-hydrogen) atoms. The summed E-state index contributed by atoms with van der Waals surface area (Å²) in [5.74, 6) is -1.67. The molecule has 3 aromatic rings. The quantitative estimate of drug-likeness (QED) is 0.283. The maximum absolute atomic E-state index is 13.7. The fraction of sp³-hybridized carbons (Fsp3) is 0.310. The first kappa shape index (κ1) is 29.1. The van der Waals surface area contributed by atoms with Crippen molar-refractivity contribution in [1.82, 2.24) is 4.72 Å². The Hall–Kier alpha value is -3.43. The van der Waals surface area contributed by atoms with Gasteiger partial charge in [0.15, 0.2) is 6.04 Å². The molecular weight excluding hydrogens is 510 g/mol. The summed E-state index contributed by atoms with van der Waals surface area (Å²) in [4.78, 5) is 18.2. The van der Waals surface area contributed by atoms with Crippen molar-refractivity contribution >= 4 is 21.7 Å². The average molecular weight is 543 g/mol. The molecule has 3 rings (SSSR count). The first-order chi connectivity index (χ1) is 17.8. The molecule has 0 unspecified atom stereocenters. The molecule has 3 aromatic carbocycles. The molecule has 0 fully saturated rings. The predicted octanol–water partition coefficient (Wildman–Crippen LogP) is 5.58. The van der Waals surface area contributed by atoms with E-state index in [2.05, 4.69) is 4.72 Å². The first-order valence-electron chi connectivity index (χ1n) is 12.2. The minimum atomic E-state index is -4.01. The van der Waals surface area contributed by atoms with E-state index in [1.165, 1.54) is 60.7 Å². The maximum atomic E-state index is 13.7. The summed E-state index contributed by atoms with van der Waals surface area (Å²) in [6.07, 6.45) is 0.207. The number of carbonyl (C=O) groups excluding carboxylic acids is 1. The molecule has 0 radical (unpaired) electrons. The number of halogens is 2. The number of rotatable bonds is 9. The largest absolute Gasteiger partial charge is 0.458 e. The third-order valence-corrected chi connectivity index (χ3v) is 7.12. The van der Waals surface area contributed by atoms with Crippen molar-refractivity contribution in [2.24, 2.45) is 4.99 Å². The fourth-order valence-corrected chi connectivity index (χ4v) is 5.02. The Balaban J connectivity index is 2.14. The Morgan fingerprint density at radius 3 is 1.79 bits per heavy atom. The van der Waals surface area contributed by atoms with Crippen LogP contribution in [-0.2, 0) is 19.6 Å². The third-order valence-electron chi connectivity index (χ3n) is 5.61. The molecule has 6 nitrogen and oxygen atoms in total. The van der Waals surface area contributed by atoms with Gasteiger partial charge in [0.2, 0.25) is 10.0 Å². The van der Waals surface area contributed by atoms with E-state index in [0.717, 1.165) is 5.56 Å². The molecule has 0 bridgehead atoms. The van der Waals surface area contributed by atoms with Gasteiger partial charge in [-0.15, -0.1) is 0 Å². The first-order valence-corrected chi connectivity index (χ1v) is 13.7. The van der Waals surface area contributed by atoms with Crippen LogP contribution in [0.5, 0.6) is 0 Å². The zero-order valence-electron chi connectivity index (χ0n) is 22.0. The van der Waals surface area contributed by atoms with Crippen molar-refractivity contribution in [3.63, 3.8) is 0 Å². The lowest BCUT2D eigenvalue weighted by atomic mass is 10.00. The van der Waals surface area contributed by atoms with Gasteiger partial charge in [-0.3, -0.25) is 4.99 Å². The summed E-state index contributed by atoms with van der Waals surface area (Å²) in [6.45, 7) is 8.67. The second-order valence-electron chi connectivity index (χ2n) is 9.92. The number of sulfonamides is 1.